The number of ketones is 1. The zero-order valence-corrected chi connectivity index (χ0v) is 15.1. The van der Waals surface area contributed by atoms with Crippen LogP contribution in [0.15, 0.2) is 0 Å². The molecule has 0 aromatic heterocycles. The number of carbonyl (C=O) groups excluding carboxylic acids is 2. The summed E-state index contributed by atoms with van der Waals surface area (Å²) in [6.07, 6.45) is -0.310. The lowest BCUT2D eigenvalue weighted by Gasteiger charge is -2.22. The van der Waals surface area contributed by atoms with E-state index in [1.54, 1.807) is 20.8 Å². The minimum absolute atomic E-state index is 0.0312. The fourth-order valence-electron chi connectivity index (χ4n) is 1.18. The molecule has 1 amide bonds. The number of carbonyl (C=O) groups is 3. The highest BCUT2D eigenvalue weighted by molar-refractivity contribution is 6.35. The first-order valence-corrected chi connectivity index (χ1v) is 7.85. The molecule has 22 heavy (non-hydrogen) atoms. The summed E-state index contributed by atoms with van der Waals surface area (Å²) in [4.78, 5) is 32.1. The topological polar surface area (TPSA) is 92.7 Å². The van der Waals surface area contributed by atoms with Crippen LogP contribution in [0, 0.1) is 5.92 Å². The van der Waals surface area contributed by atoms with Crippen molar-refractivity contribution in [2.45, 2.75) is 52.7 Å². The van der Waals surface area contributed by atoms with Crippen LogP contribution in [0.4, 0.5) is 4.79 Å². The summed E-state index contributed by atoms with van der Waals surface area (Å²) < 4.78 is 4.99. The minimum atomic E-state index is -1.04. The molecule has 0 rings (SSSR count). The largest absolute Gasteiger partial charge is 0.480 e. The fourth-order valence-corrected chi connectivity index (χ4v) is 1.46. The van der Waals surface area contributed by atoms with Crippen LogP contribution in [0.5, 0.6) is 0 Å². The van der Waals surface area contributed by atoms with Gasteiger partial charge in [0.1, 0.15) is 11.6 Å². The Kier molecular flexibility index (Phi) is 12.2. The Labute approximate surface area is 141 Å². The molecule has 0 spiro atoms. The summed E-state index contributed by atoms with van der Waals surface area (Å²) in [6.45, 7) is 8.97. The third kappa shape index (κ3) is 15.4. The van der Waals surface area contributed by atoms with E-state index in [9.17, 15) is 14.4 Å². The molecule has 6 nitrogen and oxygen atoms in total. The van der Waals surface area contributed by atoms with E-state index >= 15 is 0 Å². The lowest BCUT2D eigenvalue weighted by atomic mass is 10.0. The van der Waals surface area contributed by atoms with E-state index < -0.39 is 23.7 Å². The lowest BCUT2D eigenvalue weighted by molar-refractivity contribution is -0.139. The molecule has 0 heterocycles. The van der Waals surface area contributed by atoms with Gasteiger partial charge in [-0.3, -0.25) is 4.79 Å². The number of carboxylic acid groups (broad SMARTS) is 1. The third-order valence-electron chi connectivity index (χ3n) is 1.99. The van der Waals surface area contributed by atoms with Crippen LogP contribution in [0.2, 0.25) is 0 Å². The summed E-state index contributed by atoms with van der Waals surface area (Å²) >= 11 is 10.0. The third-order valence-corrected chi connectivity index (χ3v) is 2.59. The molecule has 8 heteroatoms. The molecule has 0 bridgehead atoms. The highest BCUT2D eigenvalue weighted by atomic mass is 35.5. The Morgan fingerprint density at radius 3 is 1.82 bits per heavy atom. The number of nitrogens with one attached hydrogen (secondary N) is 1. The van der Waals surface area contributed by atoms with Gasteiger partial charge in [-0.25, -0.2) is 9.59 Å². The normalized spacial score (nSPS) is 12.0. The molecule has 0 aliphatic rings. The van der Waals surface area contributed by atoms with Crippen LogP contribution in [0.1, 0.15) is 41.0 Å². The van der Waals surface area contributed by atoms with Gasteiger partial charge in [-0.1, -0.05) is 13.8 Å². The average molecular weight is 358 g/mol. The number of Topliss-reactive ketones (excluding diaryl/α,β-unsaturated/α-hetero) is 1. The van der Waals surface area contributed by atoms with Crippen molar-refractivity contribution >= 4 is 41.0 Å². The molecule has 0 aromatic rings. The van der Waals surface area contributed by atoms with Gasteiger partial charge >= 0.3 is 12.1 Å². The molecule has 0 aliphatic heterocycles. The second-order valence-corrected chi connectivity index (χ2v) is 6.51. The SMILES string of the molecule is CC(C)C[C@H](NC(=O)OC(C)(C)C)C(=O)O.O=C(CCl)CCl. The van der Waals surface area contributed by atoms with Crippen molar-refractivity contribution in [3.63, 3.8) is 0 Å². The maximum Gasteiger partial charge on any atom is 0.408 e. The van der Waals surface area contributed by atoms with E-state index in [-0.39, 0.29) is 23.5 Å². The van der Waals surface area contributed by atoms with Crippen molar-refractivity contribution in [1.82, 2.24) is 5.32 Å². The zero-order chi connectivity index (χ0) is 17.9. The zero-order valence-electron chi connectivity index (χ0n) is 13.6. The monoisotopic (exact) mass is 357 g/mol. The van der Waals surface area contributed by atoms with Gasteiger partial charge in [0.2, 0.25) is 0 Å². The van der Waals surface area contributed by atoms with Crippen molar-refractivity contribution in [1.29, 1.82) is 0 Å². The summed E-state index contributed by atoms with van der Waals surface area (Å²) in [7, 11) is 0. The van der Waals surface area contributed by atoms with Crippen LogP contribution >= 0.6 is 23.2 Å². The molecule has 0 unspecified atom stereocenters. The predicted octanol–water partition coefficient (Wildman–Crippen LogP) is 3.04. The van der Waals surface area contributed by atoms with Gasteiger partial charge in [-0.15, -0.1) is 23.2 Å². The highest BCUT2D eigenvalue weighted by Gasteiger charge is 2.24. The van der Waals surface area contributed by atoms with Crippen LogP contribution in [-0.4, -0.2) is 46.4 Å². The van der Waals surface area contributed by atoms with Crippen LogP contribution < -0.4 is 5.32 Å². The summed E-state index contributed by atoms with van der Waals surface area (Å²) in [5, 5.41) is 11.2. The Morgan fingerprint density at radius 2 is 1.59 bits per heavy atom. The first-order valence-electron chi connectivity index (χ1n) is 6.78. The number of hydrogen-bond donors (Lipinski definition) is 2. The Balaban J connectivity index is 0. The van der Waals surface area contributed by atoms with Crippen molar-refractivity contribution in [3.8, 4) is 0 Å². The number of rotatable bonds is 6. The number of alkyl halides is 2. The van der Waals surface area contributed by atoms with Gasteiger partial charge in [0.25, 0.3) is 0 Å². The van der Waals surface area contributed by atoms with Gasteiger partial charge in [-0.05, 0) is 33.1 Å². The van der Waals surface area contributed by atoms with Crippen LogP contribution in [0.25, 0.3) is 0 Å². The number of hydrogen-bond acceptors (Lipinski definition) is 4. The van der Waals surface area contributed by atoms with E-state index in [4.69, 9.17) is 33.0 Å². The fraction of sp³-hybridized carbons (Fsp3) is 0.786. The predicted molar refractivity (Wildman–Crippen MR) is 86.7 cm³/mol. The van der Waals surface area contributed by atoms with Gasteiger partial charge in [-0.2, -0.15) is 0 Å². The van der Waals surface area contributed by atoms with Crippen molar-refractivity contribution < 1.29 is 24.2 Å². The molecular formula is C14H25Cl2NO5. The second-order valence-electron chi connectivity index (χ2n) is 5.97. The number of amides is 1. The quantitative estimate of drug-likeness (QED) is 0.712. The summed E-state index contributed by atoms with van der Waals surface area (Å²) in [6, 6.07) is -0.894. The number of aliphatic carboxylic acids is 1. The van der Waals surface area contributed by atoms with Gasteiger partial charge in [0.15, 0.2) is 5.78 Å². The maximum absolute atomic E-state index is 11.4. The van der Waals surface area contributed by atoms with Crippen LogP contribution in [0.3, 0.4) is 0 Å². The smallest absolute Gasteiger partial charge is 0.408 e. The molecular weight excluding hydrogens is 333 g/mol. The molecule has 1 atom stereocenters. The highest BCUT2D eigenvalue weighted by Crippen LogP contribution is 2.09. The number of ether oxygens (including phenoxy) is 1. The molecule has 0 fully saturated rings. The summed E-state index contributed by atoms with van der Waals surface area (Å²) in [5.74, 6) is -0.915. The average Bonchev–Trinajstić information content (AvgIpc) is 2.34. The van der Waals surface area contributed by atoms with Gasteiger partial charge in [0.05, 0.1) is 11.8 Å². The number of alkyl carbamates (subject to hydrolysis) is 1. The van der Waals surface area contributed by atoms with Crippen molar-refractivity contribution in [3.05, 3.63) is 0 Å². The molecule has 0 radical (unpaired) electrons. The number of halogens is 2. The molecule has 0 aliphatic carbocycles. The van der Waals surface area contributed by atoms with Gasteiger partial charge < -0.3 is 15.2 Å². The van der Waals surface area contributed by atoms with Crippen molar-refractivity contribution in [2.75, 3.05) is 11.8 Å². The Hall–Kier alpha value is -1.01. The number of carboxylic acids is 1. The maximum atomic E-state index is 11.4. The Morgan fingerprint density at radius 1 is 1.14 bits per heavy atom. The molecule has 2 N–H and O–H groups in total. The molecule has 130 valence electrons. The van der Waals surface area contributed by atoms with Crippen LogP contribution in [-0.2, 0) is 14.3 Å². The first-order chi connectivity index (χ1) is 9.92. The summed E-state index contributed by atoms with van der Waals surface area (Å²) in [5.41, 5.74) is -0.620. The Bertz CT molecular complexity index is 361. The van der Waals surface area contributed by atoms with Gasteiger partial charge in [0, 0.05) is 0 Å². The molecule has 0 saturated heterocycles. The minimum Gasteiger partial charge on any atom is -0.480 e. The standard InChI is InChI=1S/C11H21NO4.C3H4Cl2O/c1-7(2)6-8(9(13)14)12-10(15)16-11(3,4)5;4-1-3(6)2-5/h7-8H,6H2,1-5H3,(H,12,15)(H,13,14);1-2H2/t8-;/m0./s1. The van der Waals surface area contributed by atoms with E-state index in [2.05, 4.69) is 5.32 Å². The second kappa shape index (κ2) is 11.5. The molecule has 0 saturated carbocycles. The first kappa shape index (κ1) is 23.3. The lowest BCUT2D eigenvalue weighted by Crippen LogP contribution is -2.44. The van der Waals surface area contributed by atoms with E-state index in [1.165, 1.54) is 0 Å². The van der Waals surface area contributed by atoms with E-state index in [0.29, 0.717) is 6.42 Å². The van der Waals surface area contributed by atoms with E-state index in [0.717, 1.165) is 0 Å². The van der Waals surface area contributed by atoms with Crippen molar-refractivity contribution in [2.24, 2.45) is 5.92 Å². The van der Waals surface area contributed by atoms with E-state index in [1.807, 2.05) is 13.8 Å². The molecule has 0 aromatic carbocycles.